The van der Waals surface area contributed by atoms with Gasteiger partial charge in [0.05, 0.1) is 30.4 Å². The van der Waals surface area contributed by atoms with Crippen molar-refractivity contribution < 1.29 is 13.9 Å². The largest absolute Gasteiger partial charge is 0.494 e. The summed E-state index contributed by atoms with van der Waals surface area (Å²) in [6.07, 6.45) is 2.27. The summed E-state index contributed by atoms with van der Waals surface area (Å²) >= 11 is 0. The van der Waals surface area contributed by atoms with Crippen LogP contribution in [0.15, 0.2) is 47.5 Å². The number of ether oxygens (including phenoxy) is 1. The van der Waals surface area contributed by atoms with Crippen molar-refractivity contribution in [2.75, 3.05) is 7.11 Å². The Morgan fingerprint density at radius 3 is 2.83 bits per heavy atom. The van der Waals surface area contributed by atoms with E-state index in [1.165, 1.54) is 30.1 Å². The maximum Gasteiger partial charge on any atom is 0.261 e. The third kappa shape index (κ3) is 4.62. The van der Waals surface area contributed by atoms with E-state index in [2.05, 4.69) is 10.3 Å². The smallest absolute Gasteiger partial charge is 0.261 e. The summed E-state index contributed by atoms with van der Waals surface area (Å²) in [5.41, 5.74) is 2.20. The highest BCUT2D eigenvalue weighted by atomic mass is 19.1. The normalized spacial score (nSPS) is 12.0. The molecule has 3 rings (SSSR count). The average Bonchev–Trinajstić information content (AvgIpc) is 2.70. The van der Waals surface area contributed by atoms with Crippen LogP contribution in [0.1, 0.15) is 36.9 Å². The van der Waals surface area contributed by atoms with Crippen molar-refractivity contribution in [3.8, 4) is 5.75 Å². The highest BCUT2D eigenvalue weighted by molar-refractivity contribution is 5.80. The van der Waals surface area contributed by atoms with E-state index >= 15 is 0 Å². The van der Waals surface area contributed by atoms with Crippen LogP contribution >= 0.6 is 0 Å². The first-order valence-corrected chi connectivity index (χ1v) is 9.48. The lowest BCUT2D eigenvalue weighted by molar-refractivity contribution is -0.121. The SMILES string of the molecule is COc1ccc([C@H](C)NC(=O)CCCn2cnc3c(C)cccc3c2=O)cc1F. The number of amides is 1. The molecular weight excluding hydrogens is 373 g/mol. The lowest BCUT2D eigenvalue weighted by atomic mass is 10.1. The molecule has 1 atom stereocenters. The molecule has 1 heterocycles. The van der Waals surface area contributed by atoms with Crippen LogP contribution in [-0.4, -0.2) is 22.6 Å². The Morgan fingerprint density at radius 2 is 2.10 bits per heavy atom. The summed E-state index contributed by atoms with van der Waals surface area (Å²) in [5.74, 6) is -0.465. The van der Waals surface area contributed by atoms with Crippen LogP contribution in [0.3, 0.4) is 0 Å². The number of benzene rings is 2. The zero-order valence-corrected chi connectivity index (χ0v) is 16.7. The molecule has 0 spiro atoms. The van der Waals surface area contributed by atoms with E-state index in [0.29, 0.717) is 29.4 Å². The van der Waals surface area contributed by atoms with E-state index < -0.39 is 5.82 Å². The number of rotatable bonds is 7. The fourth-order valence-electron chi connectivity index (χ4n) is 3.26. The van der Waals surface area contributed by atoms with Crippen LogP contribution in [0.25, 0.3) is 10.9 Å². The van der Waals surface area contributed by atoms with Gasteiger partial charge < -0.3 is 10.1 Å². The van der Waals surface area contributed by atoms with Gasteiger partial charge in [-0.3, -0.25) is 14.2 Å². The monoisotopic (exact) mass is 397 g/mol. The van der Waals surface area contributed by atoms with E-state index in [1.807, 2.05) is 19.1 Å². The minimum atomic E-state index is -0.468. The molecule has 1 N–H and O–H groups in total. The molecule has 0 fully saturated rings. The first-order chi connectivity index (χ1) is 13.9. The Kier molecular flexibility index (Phi) is 6.26. The third-order valence-corrected chi connectivity index (χ3v) is 4.91. The third-order valence-electron chi connectivity index (χ3n) is 4.91. The number of nitrogens with zero attached hydrogens (tertiary/aromatic N) is 2. The van der Waals surface area contributed by atoms with Crippen LogP contribution in [0.2, 0.25) is 0 Å². The van der Waals surface area contributed by atoms with Crippen LogP contribution in [0.4, 0.5) is 4.39 Å². The predicted octanol–water partition coefficient (Wildman–Crippen LogP) is 3.51. The number of aromatic nitrogens is 2. The molecule has 0 unspecified atom stereocenters. The molecule has 29 heavy (non-hydrogen) atoms. The van der Waals surface area contributed by atoms with E-state index in [-0.39, 0.29) is 29.7 Å². The van der Waals surface area contributed by atoms with Crippen molar-refractivity contribution in [1.82, 2.24) is 14.9 Å². The molecule has 0 aliphatic carbocycles. The number of carbonyl (C=O) groups excluding carboxylic acids is 1. The second kappa shape index (κ2) is 8.86. The van der Waals surface area contributed by atoms with Crippen LogP contribution < -0.4 is 15.6 Å². The van der Waals surface area contributed by atoms with Gasteiger partial charge >= 0.3 is 0 Å². The lowest BCUT2D eigenvalue weighted by Gasteiger charge is -2.15. The number of para-hydroxylation sites is 1. The summed E-state index contributed by atoms with van der Waals surface area (Å²) in [5, 5.41) is 3.43. The second-order valence-corrected chi connectivity index (χ2v) is 7.00. The number of hydrogen-bond acceptors (Lipinski definition) is 4. The minimum Gasteiger partial charge on any atom is -0.494 e. The Bertz CT molecular complexity index is 1090. The van der Waals surface area contributed by atoms with Gasteiger partial charge in [0.25, 0.3) is 5.56 Å². The fourth-order valence-corrected chi connectivity index (χ4v) is 3.26. The number of fused-ring (bicyclic) bond motifs is 1. The number of halogens is 1. The van der Waals surface area contributed by atoms with Crippen LogP contribution in [-0.2, 0) is 11.3 Å². The number of carbonyl (C=O) groups is 1. The second-order valence-electron chi connectivity index (χ2n) is 7.00. The van der Waals surface area contributed by atoms with E-state index in [9.17, 15) is 14.0 Å². The molecule has 7 heteroatoms. The molecule has 0 saturated carbocycles. The molecule has 1 amide bonds. The average molecular weight is 397 g/mol. The van der Waals surface area contributed by atoms with Gasteiger partial charge in [0, 0.05) is 13.0 Å². The first kappa shape index (κ1) is 20.5. The van der Waals surface area contributed by atoms with Crippen LogP contribution in [0, 0.1) is 12.7 Å². The highest BCUT2D eigenvalue weighted by Gasteiger charge is 2.13. The molecular formula is C22H24FN3O3. The molecule has 0 aliphatic heterocycles. The van der Waals surface area contributed by atoms with Gasteiger partial charge in [-0.1, -0.05) is 18.2 Å². The van der Waals surface area contributed by atoms with Crippen molar-refractivity contribution >= 4 is 16.8 Å². The van der Waals surface area contributed by atoms with Gasteiger partial charge in [-0.25, -0.2) is 9.37 Å². The zero-order valence-electron chi connectivity index (χ0n) is 16.7. The first-order valence-electron chi connectivity index (χ1n) is 9.48. The molecule has 6 nitrogen and oxygen atoms in total. The number of hydrogen-bond donors (Lipinski definition) is 1. The number of nitrogens with one attached hydrogen (secondary N) is 1. The van der Waals surface area contributed by atoms with Gasteiger partial charge in [-0.05, 0) is 49.6 Å². The van der Waals surface area contributed by atoms with Gasteiger partial charge in [0.1, 0.15) is 0 Å². The summed E-state index contributed by atoms with van der Waals surface area (Å²) in [7, 11) is 1.40. The Labute approximate surface area is 168 Å². The highest BCUT2D eigenvalue weighted by Crippen LogP contribution is 2.21. The molecule has 0 radical (unpaired) electrons. The van der Waals surface area contributed by atoms with Gasteiger partial charge in [0.15, 0.2) is 11.6 Å². The summed E-state index contributed by atoms with van der Waals surface area (Å²) in [6, 6.07) is 9.78. The van der Waals surface area contributed by atoms with E-state index in [0.717, 1.165) is 5.56 Å². The maximum absolute atomic E-state index is 13.8. The Hall–Kier alpha value is -3.22. The standard InChI is InChI=1S/C22H24FN3O3/c1-14-6-4-7-17-21(14)24-13-26(22(17)28)11-5-8-20(27)25-15(2)16-9-10-19(29-3)18(23)12-16/h4,6-7,9-10,12-13,15H,5,8,11H2,1-3H3,(H,25,27)/t15-/m0/s1. The zero-order chi connectivity index (χ0) is 21.0. The summed E-state index contributed by atoms with van der Waals surface area (Å²) in [6.45, 7) is 4.10. The quantitative estimate of drug-likeness (QED) is 0.662. The summed E-state index contributed by atoms with van der Waals surface area (Å²) in [4.78, 5) is 29.2. The molecule has 152 valence electrons. The number of methoxy groups -OCH3 is 1. The van der Waals surface area contributed by atoms with Crippen molar-refractivity contribution in [2.45, 2.75) is 39.3 Å². The Morgan fingerprint density at radius 1 is 1.31 bits per heavy atom. The van der Waals surface area contributed by atoms with Crippen molar-refractivity contribution in [3.05, 3.63) is 70.0 Å². The molecule has 0 aliphatic rings. The topological polar surface area (TPSA) is 73.2 Å². The molecule has 0 saturated heterocycles. The van der Waals surface area contributed by atoms with Crippen molar-refractivity contribution in [3.63, 3.8) is 0 Å². The van der Waals surface area contributed by atoms with Crippen LogP contribution in [0.5, 0.6) is 5.75 Å². The van der Waals surface area contributed by atoms with E-state index in [4.69, 9.17) is 4.74 Å². The molecule has 3 aromatic rings. The predicted molar refractivity (Wildman–Crippen MR) is 109 cm³/mol. The van der Waals surface area contributed by atoms with Crippen molar-refractivity contribution in [2.24, 2.45) is 0 Å². The van der Waals surface area contributed by atoms with Gasteiger partial charge in [0.2, 0.25) is 5.91 Å². The maximum atomic E-state index is 13.8. The van der Waals surface area contributed by atoms with Gasteiger partial charge in [-0.2, -0.15) is 0 Å². The Balaban J connectivity index is 1.57. The number of aryl methyl sites for hydroxylation is 2. The van der Waals surface area contributed by atoms with Gasteiger partial charge in [-0.15, -0.1) is 0 Å². The van der Waals surface area contributed by atoms with E-state index in [1.54, 1.807) is 19.1 Å². The molecule has 2 aromatic carbocycles. The lowest BCUT2D eigenvalue weighted by Crippen LogP contribution is -2.27. The fraction of sp³-hybridized carbons (Fsp3) is 0.318. The molecule has 0 bridgehead atoms. The van der Waals surface area contributed by atoms with Crippen molar-refractivity contribution in [1.29, 1.82) is 0 Å². The summed E-state index contributed by atoms with van der Waals surface area (Å²) < 4.78 is 20.3. The minimum absolute atomic E-state index is 0.110. The molecule has 1 aromatic heterocycles.